The van der Waals surface area contributed by atoms with Crippen LogP contribution in [0.15, 0.2) is 10.7 Å². The number of aromatic nitrogens is 1. The Kier molecular flexibility index (Phi) is 3.56. The molecule has 0 atom stereocenters. The van der Waals surface area contributed by atoms with E-state index in [0.29, 0.717) is 11.8 Å². The van der Waals surface area contributed by atoms with Crippen LogP contribution < -0.4 is 5.32 Å². The van der Waals surface area contributed by atoms with Crippen LogP contribution in [0.3, 0.4) is 0 Å². The van der Waals surface area contributed by atoms with Gasteiger partial charge in [-0.3, -0.25) is 0 Å². The molecule has 1 aliphatic rings. The number of oxazole rings is 1. The summed E-state index contributed by atoms with van der Waals surface area (Å²) in [6.45, 7) is 2.10. The standard InChI is InChI=1S/C11H16N2O3/c1-15-11(14)9-7-16-10(13-9)6-8-2-4-12-5-3-8/h7-8,12H,2-6H2,1H3. The van der Waals surface area contributed by atoms with Crippen molar-refractivity contribution in [2.75, 3.05) is 20.2 Å². The number of rotatable bonds is 3. The molecule has 1 aromatic rings. The van der Waals surface area contributed by atoms with E-state index in [-0.39, 0.29) is 5.69 Å². The molecule has 1 fully saturated rings. The zero-order valence-corrected chi connectivity index (χ0v) is 9.36. The molecule has 2 rings (SSSR count). The van der Waals surface area contributed by atoms with E-state index in [2.05, 4.69) is 15.0 Å². The lowest BCUT2D eigenvalue weighted by atomic mass is 9.95. The molecule has 88 valence electrons. The van der Waals surface area contributed by atoms with Crippen molar-refractivity contribution in [3.05, 3.63) is 17.8 Å². The van der Waals surface area contributed by atoms with Crippen molar-refractivity contribution in [1.29, 1.82) is 0 Å². The number of hydrogen-bond donors (Lipinski definition) is 1. The largest absolute Gasteiger partial charge is 0.464 e. The Hall–Kier alpha value is -1.36. The fourth-order valence-corrected chi connectivity index (χ4v) is 1.94. The highest BCUT2D eigenvalue weighted by atomic mass is 16.5. The van der Waals surface area contributed by atoms with Gasteiger partial charge in [0, 0.05) is 6.42 Å². The summed E-state index contributed by atoms with van der Waals surface area (Å²) in [5.41, 5.74) is 0.256. The van der Waals surface area contributed by atoms with Gasteiger partial charge in [-0.05, 0) is 31.8 Å². The molecular formula is C11H16N2O3. The van der Waals surface area contributed by atoms with Gasteiger partial charge in [-0.15, -0.1) is 0 Å². The van der Waals surface area contributed by atoms with Crippen LogP contribution in [0.4, 0.5) is 0 Å². The maximum absolute atomic E-state index is 11.2. The monoisotopic (exact) mass is 224 g/mol. The molecule has 0 spiro atoms. The maximum Gasteiger partial charge on any atom is 0.360 e. The second-order valence-corrected chi connectivity index (χ2v) is 4.02. The minimum Gasteiger partial charge on any atom is -0.464 e. The first-order chi connectivity index (χ1) is 7.79. The van der Waals surface area contributed by atoms with Gasteiger partial charge in [0.05, 0.1) is 7.11 Å². The topological polar surface area (TPSA) is 64.4 Å². The lowest BCUT2D eigenvalue weighted by molar-refractivity contribution is 0.0594. The number of carbonyl (C=O) groups excluding carboxylic acids is 1. The smallest absolute Gasteiger partial charge is 0.360 e. The second kappa shape index (κ2) is 5.12. The van der Waals surface area contributed by atoms with Crippen LogP contribution >= 0.6 is 0 Å². The molecule has 5 nitrogen and oxygen atoms in total. The van der Waals surface area contributed by atoms with E-state index in [1.807, 2.05) is 0 Å². The third kappa shape index (κ3) is 2.61. The quantitative estimate of drug-likeness (QED) is 0.776. The van der Waals surface area contributed by atoms with Crippen molar-refractivity contribution in [2.45, 2.75) is 19.3 Å². The van der Waals surface area contributed by atoms with E-state index in [4.69, 9.17) is 4.42 Å². The average Bonchev–Trinajstić information content (AvgIpc) is 2.78. The van der Waals surface area contributed by atoms with Gasteiger partial charge in [0.25, 0.3) is 0 Å². The van der Waals surface area contributed by atoms with E-state index in [1.54, 1.807) is 0 Å². The van der Waals surface area contributed by atoms with Crippen molar-refractivity contribution >= 4 is 5.97 Å². The summed E-state index contributed by atoms with van der Waals surface area (Å²) in [5, 5.41) is 3.31. The normalized spacial score (nSPS) is 17.3. The zero-order chi connectivity index (χ0) is 11.4. The van der Waals surface area contributed by atoms with Gasteiger partial charge in [0.15, 0.2) is 11.6 Å². The molecule has 0 aliphatic carbocycles. The molecule has 1 aliphatic heterocycles. The van der Waals surface area contributed by atoms with Crippen LogP contribution in [0.2, 0.25) is 0 Å². The summed E-state index contributed by atoms with van der Waals surface area (Å²) in [6.07, 6.45) is 4.44. The van der Waals surface area contributed by atoms with Gasteiger partial charge in [0.1, 0.15) is 6.26 Å². The number of methoxy groups -OCH3 is 1. The molecule has 1 N–H and O–H groups in total. The Morgan fingerprint density at radius 1 is 1.62 bits per heavy atom. The lowest BCUT2D eigenvalue weighted by Gasteiger charge is -2.20. The molecule has 0 aromatic carbocycles. The summed E-state index contributed by atoms with van der Waals surface area (Å²) in [7, 11) is 1.34. The first kappa shape index (κ1) is 11.1. The molecule has 1 aromatic heterocycles. The van der Waals surface area contributed by atoms with Crippen LogP contribution in [0.25, 0.3) is 0 Å². The van der Waals surface area contributed by atoms with Gasteiger partial charge in [0.2, 0.25) is 0 Å². The number of nitrogens with zero attached hydrogens (tertiary/aromatic N) is 1. The molecule has 16 heavy (non-hydrogen) atoms. The molecule has 0 bridgehead atoms. The SMILES string of the molecule is COC(=O)c1coc(CC2CCNCC2)n1. The fourth-order valence-electron chi connectivity index (χ4n) is 1.94. The summed E-state index contributed by atoms with van der Waals surface area (Å²) in [6, 6.07) is 0. The number of piperidine rings is 1. The maximum atomic E-state index is 11.2. The second-order valence-electron chi connectivity index (χ2n) is 4.02. The molecular weight excluding hydrogens is 208 g/mol. The van der Waals surface area contributed by atoms with E-state index in [9.17, 15) is 4.79 Å². The van der Waals surface area contributed by atoms with E-state index in [0.717, 1.165) is 32.4 Å². The van der Waals surface area contributed by atoms with Crippen LogP contribution in [-0.2, 0) is 11.2 Å². The molecule has 0 amide bonds. The van der Waals surface area contributed by atoms with Gasteiger partial charge in [-0.1, -0.05) is 0 Å². The van der Waals surface area contributed by atoms with Crippen molar-refractivity contribution in [1.82, 2.24) is 10.3 Å². The van der Waals surface area contributed by atoms with Gasteiger partial charge >= 0.3 is 5.97 Å². The summed E-state index contributed by atoms with van der Waals surface area (Å²) in [4.78, 5) is 15.3. The molecule has 0 unspecified atom stereocenters. The number of hydrogen-bond acceptors (Lipinski definition) is 5. The molecule has 5 heteroatoms. The van der Waals surface area contributed by atoms with Crippen LogP contribution in [0.5, 0.6) is 0 Å². The van der Waals surface area contributed by atoms with Gasteiger partial charge in [-0.25, -0.2) is 9.78 Å². The summed E-state index contributed by atoms with van der Waals surface area (Å²) < 4.78 is 9.83. The number of esters is 1. The highest BCUT2D eigenvalue weighted by Crippen LogP contribution is 2.17. The zero-order valence-electron chi connectivity index (χ0n) is 9.36. The van der Waals surface area contributed by atoms with E-state index >= 15 is 0 Å². The fraction of sp³-hybridized carbons (Fsp3) is 0.636. The van der Waals surface area contributed by atoms with E-state index < -0.39 is 5.97 Å². The Labute approximate surface area is 94.2 Å². The van der Waals surface area contributed by atoms with Crippen molar-refractivity contribution in [3.63, 3.8) is 0 Å². The first-order valence-corrected chi connectivity index (χ1v) is 5.53. The lowest BCUT2D eigenvalue weighted by Crippen LogP contribution is -2.28. The van der Waals surface area contributed by atoms with Crippen LogP contribution in [-0.4, -0.2) is 31.2 Å². The highest BCUT2D eigenvalue weighted by Gasteiger charge is 2.18. The minimum absolute atomic E-state index is 0.256. The van der Waals surface area contributed by atoms with Gasteiger partial charge < -0.3 is 14.5 Å². The van der Waals surface area contributed by atoms with Crippen molar-refractivity contribution in [2.24, 2.45) is 5.92 Å². The third-order valence-corrected chi connectivity index (χ3v) is 2.87. The first-order valence-electron chi connectivity index (χ1n) is 5.53. The summed E-state index contributed by atoms with van der Waals surface area (Å²) in [5.74, 6) is 0.790. The van der Waals surface area contributed by atoms with Crippen molar-refractivity contribution < 1.29 is 13.9 Å². The molecule has 0 saturated carbocycles. The third-order valence-electron chi connectivity index (χ3n) is 2.87. The highest BCUT2D eigenvalue weighted by molar-refractivity contribution is 5.86. The van der Waals surface area contributed by atoms with Crippen LogP contribution in [0.1, 0.15) is 29.2 Å². The molecule has 0 radical (unpaired) electrons. The predicted octanol–water partition coefficient (Wildman–Crippen LogP) is 1.00. The average molecular weight is 224 g/mol. The number of carbonyl (C=O) groups is 1. The minimum atomic E-state index is -0.444. The Morgan fingerprint density at radius 2 is 2.38 bits per heavy atom. The van der Waals surface area contributed by atoms with Crippen LogP contribution in [0, 0.1) is 5.92 Å². The van der Waals surface area contributed by atoms with Crippen molar-refractivity contribution in [3.8, 4) is 0 Å². The Morgan fingerprint density at radius 3 is 3.06 bits per heavy atom. The van der Waals surface area contributed by atoms with Gasteiger partial charge in [-0.2, -0.15) is 0 Å². The predicted molar refractivity (Wildman–Crippen MR) is 57.1 cm³/mol. The van der Waals surface area contributed by atoms with E-state index in [1.165, 1.54) is 13.4 Å². The molecule has 2 heterocycles. The Bertz CT molecular complexity index is 356. The molecule has 1 saturated heterocycles. The Balaban J connectivity index is 1.94. The number of ether oxygens (including phenoxy) is 1. The number of nitrogens with one attached hydrogen (secondary N) is 1. The summed E-state index contributed by atoms with van der Waals surface area (Å²) >= 11 is 0.